The van der Waals surface area contributed by atoms with Crippen LogP contribution in [0.1, 0.15) is 232 Å². The largest absolute Gasteiger partial charge is 0.462 e. The number of hydrogen-bond acceptors (Lipinski definition) is 10. The van der Waals surface area contributed by atoms with Gasteiger partial charge in [-0.15, -0.1) is 0 Å². The molecule has 4 N–H and O–H groups in total. The quantitative estimate of drug-likeness (QED) is 0.0265. The zero-order chi connectivity index (χ0) is 44.4. The van der Waals surface area contributed by atoms with Crippen LogP contribution in [-0.4, -0.2) is 89.0 Å². The van der Waals surface area contributed by atoms with Crippen molar-refractivity contribution in [2.24, 2.45) is 0 Å². The zero-order valence-electron chi connectivity index (χ0n) is 39.2. The SMILES string of the molecule is CCCC/C=C/CCCCCCCCCCCC(=O)OC[C@H](CO[C@@H]1O[C@H](CO)[C@H](O)C(O)C1O)OC(=O)CCCCCCCCCCCCC/C=C/CCCCCCCC. The highest BCUT2D eigenvalue weighted by atomic mass is 16.7. The first kappa shape index (κ1) is 57.2. The molecule has 1 aliphatic heterocycles. The Morgan fingerprint density at radius 2 is 0.885 bits per heavy atom. The van der Waals surface area contributed by atoms with Gasteiger partial charge in [0.2, 0.25) is 0 Å². The molecule has 0 aliphatic carbocycles. The smallest absolute Gasteiger partial charge is 0.306 e. The van der Waals surface area contributed by atoms with Crippen molar-refractivity contribution >= 4 is 11.9 Å². The molecule has 358 valence electrons. The first-order valence-electron chi connectivity index (χ1n) is 25.4. The normalized spacial score (nSPS) is 19.9. The third-order valence-corrected chi connectivity index (χ3v) is 11.8. The average molecular weight is 867 g/mol. The fourth-order valence-corrected chi connectivity index (χ4v) is 7.75. The summed E-state index contributed by atoms with van der Waals surface area (Å²) in [6, 6.07) is 0. The molecule has 2 unspecified atom stereocenters. The number of unbranched alkanes of at least 4 members (excludes halogenated alkanes) is 28. The van der Waals surface area contributed by atoms with Gasteiger partial charge in [0.25, 0.3) is 0 Å². The van der Waals surface area contributed by atoms with Gasteiger partial charge < -0.3 is 39.4 Å². The monoisotopic (exact) mass is 867 g/mol. The number of aliphatic hydroxyl groups excluding tert-OH is 4. The maximum Gasteiger partial charge on any atom is 0.306 e. The number of rotatable bonds is 43. The summed E-state index contributed by atoms with van der Waals surface area (Å²) in [5.74, 6) is -0.801. The van der Waals surface area contributed by atoms with Gasteiger partial charge in [-0.2, -0.15) is 0 Å². The minimum absolute atomic E-state index is 0.215. The Labute approximate surface area is 373 Å². The molecule has 10 nitrogen and oxygen atoms in total. The molecule has 6 atom stereocenters. The van der Waals surface area contributed by atoms with Crippen LogP contribution < -0.4 is 0 Å². The van der Waals surface area contributed by atoms with E-state index in [1.165, 1.54) is 154 Å². The molecule has 1 rings (SSSR count). The second-order valence-corrected chi connectivity index (χ2v) is 17.6. The topological polar surface area (TPSA) is 152 Å². The van der Waals surface area contributed by atoms with E-state index in [2.05, 4.69) is 38.2 Å². The third-order valence-electron chi connectivity index (χ3n) is 11.8. The van der Waals surface area contributed by atoms with Gasteiger partial charge in [0.05, 0.1) is 13.2 Å². The first-order valence-corrected chi connectivity index (χ1v) is 25.4. The van der Waals surface area contributed by atoms with Crippen LogP contribution in [0.15, 0.2) is 24.3 Å². The van der Waals surface area contributed by atoms with Crippen molar-refractivity contribution in [2.75, 3.05) is 19.8 Å². The van der Waals surface area contributed by atoms with Crippen LogP contribution in [0.3, 0.4) is 0 Å². The van der Waals surface area contributed by atoms with E-state index in [1.807, 2.05) is 0 Å². The van der Waals surface area contributed by atoms with Crippen LogP contribution in [0.4, 0.5) is 0 Å². The van der Waals surface area contributed by atoms with Crippen molar-refractivity contribution in [3.63, 3.8) is 0 Å². The Morgan fingerprint density at radius 1 is 0.492 bits per heavy atom. The van der Waals surface area contributed by atoms with Crippen molar-refractivity contribution in [2.45, 2.75) is 269 Å². The van der Waals surface area contributed by atoms with E-state index in [9.17, 15) is 30.0 Å². The molecule has 0 aromatic carbocycles. The number of aliphatic hydroxyl groups is 4. The van der Waals surface area contributed by atoms with Gasteiger partial charge in [-0.1, -0.05) is 186 Å². The molecule has 1 saturated heterocycles. The van der Waals surface area contributed by atoms with Crippen molar-refractivity contribution in [1.29, 1.82) is 0 Å². The van der Waals surface area contributed by atoms with Crippen molar-refractivity contribution in [1.82, 2.24) is 0 Å². The van der Waals surface area contributed by atoms with Crippen LogP contribution in [0.2, 0.25) is 0 Å². The van der Waals surface area contributed by atoms with Crippen molar-refractivity contribution in [3.05, 3.63) is 24.3 Å². The lowest BCUT2D eigenvalue weighted by Crippen LogP contribution is -2.59. The fraction of sp³-hybridized carbons (Fsp3) is 0.882. The summed E-state index contributed by atoms with van der Waals surface area (Å²) < 4.78 is 22.2. The second kappa shape index (κ2) is 42.1. The van der Waals surface area contributed by atoms with E-state index >= 15 is 0 Å². The van der Waals surface area contributed by atoms with Gasteiger partial charge in [-0.3, -0.25) is 9.59 Å². The summed E-state index contributed by atoms with van der Waals surface area (Å²) in [7, 11) is 0. The molecule has 0 aromatic heterocycles. The standard InChI is InChI=1S/C51H94O10/c1-3-5-7-9-11-13-15-17-19-20-21-22-23-24-26-28-30-32-34-36-38-40-47(54)60-44(43-59-51-50(57)49(56)48(55)45(41-52)61-51)42-58-46(53)39-37-35-33-31-29-27-25-18-16-14-12-10-8-6-4-2/h10,12,17,19,44-45,48-52,55-57H,3-9,11,13-16,18,20-43H2,1-2H3/b12-10+,19-17+/t44-,45-,48+,49?,50?,51-/m1/s1. The van der Waals surface area contributed by atoms with E-state index in [-0.39, 0.29) is 32.0 Å². The first-order chi connectivity index (χ1) is 29.8. The second-order valence-electron chi connectivity index (χ2n) is 17.6. The molecule has 10 heteroatoms. The van der Waals surface area contributed by atoms with Crippen LogP contribution in [0.25, 0.3) is 0 Å². The number of esters is 2. The highest BCUT2D eigenvalue weighted by Crippen LogP contribution is 2.23. The molecule has 0 aromatic rings. The van der Waals surface area contributed by atoms with Gasteiger partial charge in [0, 0.05) is 12.8 Å². The predicted molar refractivity (Wildman–Crippen MR) is 247 cm³/mol. The Hall–Kier alpha value is -1.82. The molecule has 1 heterocycles. The highest BCUT2D eigenvalue weighted by Gasteiger charge is 2.44. The van der Waals surface area contributed by atoms with Gasteiger partial charge in [0.15, 0.2) is 12.4 Å². The number of hydrogen-bond donors (Lipinski definition) is 4. The van der Waals surface area contributed by atoms with Crippen molar-refractivity contribution in [3.8, 4) is 0 Å². The maximum absolute atomic E-state index is 12.8. The number of carbonyl (C=O) groups excluding carboxylic acids is 2. The van der Waals surface area contributed by atoms with Gasteiger partial charge in [0.1, 0.15) is 31.0 Å². The van der Waals surface area contributed by atoms with Crippen molar-refractivity contribution < 1.29 is 49.0 Å². The summed E-state index contributed by atoms with van der Waals surface area (Å²) in [5.41, 5.74) is 0. The summed E-state index contributed by atoms with van der Waals surface area (Å²) in [4.78, 5) is 25.4. The number of ether oxygens (including phenoxy) is 4. The van der Waals surface area contributed by atoms with Gasteiger partial charge in [-0.05, 0) is 57.8 Å². The Balaban J connectivity index is 2.25. The van der Waals surface area contributed by atoms with E-state index in [0.29, 0.717) is 6.42 Å². The molecule has 0 saturated carbocycles. The Bertz CT molecular complexity index is 1050. The molecule has 1 aliphatic rings. The molecular formula is C51H94O10. The third kappa shape index (κ3) is 33.4. The molecule has 0 spiro atoms. The summed E-state index contributed by atoms with van der Waals surface area (Å²) in [6.45, 7) is 3.42. The van der Waals surface area contributed by atoms with Crippen LogP contribution in [0.5, 0.6) is 0 Å². The maximum atomic E-state index is 12.8. The van der Waals surface area contributed by atoms with Crippen LogP contribution in [0, 0.1) is 0 Å². The highest BCUT2D eigenvalue weighted by molar-refractivity contribution is 5.70. The minimum atomic E-state index is -1.59. The fourth-order valence-electron chi connectivity index (χ4n) is 7.75. The molecular weight excluding hydrogens is 773 g/mol. The minimum Gasteiger partial charge on any atom is -0.462 e. The Kier molecular flexibility index (Phi) is 39.5. The molecule has 61 heavy (non-hydrogen) atoms. The van der Waals surface area contributed by atoms with Crippen LogP contribution >= 0.6 is 0 Å². The number of carbonyl (C=O) groups is 2. The summed E-state index contributed by atoms with van der Waals surface area (Å²) >= 11 is 0. The Morgan fingerprint density at radius 3 is 1.33 bits per heavy atom. The van der Waals surface area contributed by atoms with E-state index < -0.39 is 49.4 Å². The average Bonchev–Trinajstić information content (AvgIpc) is 3.26. The molecule has 0 bridgehead atoms. The molecule has 0 radical (unpaired) electrons. The van der Waals surface area contributed by atoms with Gasteiger partial charge >= 0.3 is 11.9 Å². The molecule has 0 amide bonds. The van der Waals surface area contributed by atoms with E-state index in [4.69, 9.17) is 18.9 Å². The summed E-state index contributed by atoms with van der Waals surface area (Å²) in [5, 5.41) is 40.2. The lowest BCUT2D eigenvalue weighted by atomic mass is 9.99. The molecule has 1 fully saturated rings. The predicted octanol–water partition coefficient (Wildman–Crippen LogP) is 11.7. The number of allylic oxidation sites excluding steroid dienone is 4. The lowest BCUT2D eigenvalue weighted by Gasteiger charge is -2.39. The zero-order valence-corrected chi connectivity index (χ0v) is 39.2. The van der Waals surface area contributed by atoms with E-state index in [1.54, 1.807) is 0 Å². The lowest BCUT2D eigenvalue weighted by molar-refractivity contribution is -0.305. The van der Waals surface area contributed by atoms with Gasteiger partial charge in [-0.25, -0.2) is 0 Å². The summed E-state index contributed by atoms with van der Waals surface area (Å²) in [6.07, 6.45) is 40.4. The van der Waals surface area contributed by atoms with Crippen LogP contribution in [-0.2, 0) is 28.5 Å². The van der Waals surface area contributed by atoms with E-state index in [0.717, 1.165) is 44.9 Å².